The highest BCUT2D eigenvalue weighted by atomic mass is 32.2. The van der Waals surface area contributed by atoms with Crippen LogP contribution in [0.4, 0.5) is 36.5 Å². The monoisotopic (exact) mass is 1950 g/mol. The molecule has 4 amide bonds. The van der Waals surface area contributed by atoms with Crippen molar-refractivity contribution in [2.45, 2.75) is 405 Å². The molecule has 0 saturated carbocycles. The van der Waals surface area contributed by atoms with Gasteiger partial charge in [-0.1, -0.05) is 41.5 Å². The van der Waals surface area contributed by atoms with Gasteiger partial charge in [0.25, 0.3) is 0 Å². The lowest BCUT2D eigenvalue weighted by Gasteiger charge is -2.37. The van der Waals surface area contributed by atoms with Gasteiger partial charge in [0.15, 0.2) is 23.1 Å². The third kappa shape index (κ3) is 21.9. The van der Waals surface area contributed by atoms with Gasteiger partial charge < -0.3 is 98.7 Å². The normalized spacial score (nSPS) is 31.9. The van der Waals surface area contributed by atoms with Crippen LogP contribution in [0.15, 0.2) is 52.5 Å². The Kier molecular flexibility index (Phi) is 31.9. The molecule has 0 spiro atoms. The number of amides is 4. The molecule has 0 unspecified atom stereocenters. The second kappa shape index (κ2) is 39.3. The smallest absolute Gasteiger partial charge is 0.411 e. The maximum atomic E-state index is 13.4. The van der Waals surface area contributed by atoms with Crippen molar-refractivity contribution in [1.82, 2.24) is 44.9 Å². The van der Waals surface area contributed by atoms with Crippen molar-refractivity contribution in [3.8, 4) is 18.2 Å². The van der Waals surface area contributed by atoms with E-state index >= 15 is 0 Å². The van der Waals surface area contributed by atoms with Crippen LogP contribution >= 0.6 is 34.0 Å². The number of nitriles is 3. The van der Waals surface area contributed by atoms with E-state index in [-0.39, 0.29) is 54.2 Å². The van der Waals surface area contributed by atoms with Crippen LogP contribution in [-0.2, 0) is 71.1 Å². The zero-order valence-electron chi connectivity index (χ0n) is 83.1. The minimum atomic E-state index is -3.84. The number of thiophene rings is 3. The number of nitrogens with one attached hydrogen (secondary N) is 1. The van der Waals surface area contributed by atoms with Crippen molar-refractivity contribution in [3.05, 3.63) is 74.0 Å². The highest BCUT2D eigenvalue weighted by Crippen LogP contribution is 2.60. The van der Waals surface area contributed by atoms with Gasteiger partial charge in [0.2, 0.25) is 0 Å². The molecule has 14 rings (SSSR count). The first kappa shape index (κ1) is 109. The second-order valence-electron chi connectivity index (χ2n) is 41.0. The van der Waals surface area contributed by atoms with E-state index < -0.39 is 163 Å². The molecule has 9 saturated heterocycles. The van der Waals surface area contributed by atoms with E-state index in [1.807, 2.05) is 160 Å². The van der Waals surface area contributed by atoms with Gasteiger partial charge in [-0.05, 0) is 215 Å². The van der Waals surface area contributed by atoms with Crippen molar-refractivity contribution < 1.29 is 109 Å². The Morgan fingerprint density at radius 2 is 0.843 bits per heavy atom. The average molecular weight is 1950 g/mol. The van der Waals surface area contributed by atoms with Gasteiger partial charge in [-0.25, -0.2) is 39.1 Å². The lowest BCUT2D eigenvalue weighted by Crippen LogP contribution is -2.51. The minimum Gasteiger partial charge on any atom is -0.514 e. The Morgan fingerprint density at radius 3 is 1.16 bits per heavy atom. The molecule has 11 N–H and O–H groups in total. The fraction of sp³-hybridized carbons (Fsp3) is 0.707. The Morgan fingerprint density at radius 1 is 0.522 bits per heavy atom. The number of carbonyl (C=O) groups excluding carboxylic acids is 4. The summed E-state index contributed by atoms with van der Waals surface area (Å²) < 4.78 is 102. The number of carbonyl (C=O) groups is 4. The van der Waals surface area contributed by atoms with Crippen molar-refractivity contribution in [1.29, 1.82) is 15.8 Å². The molecule has 42 heteroatoms. The molecule has 0 radical (unpaired) electrons. The Bertz CT molecular complexity index is 5420. The summed E-state index contributed by atoms with van der Waals surface area (Å²) in [6.45, 7) is 57.0. The number of likely N-dealkylation sites (tertiary alicyclic amines) is 4. The summed E-state index contributed by atoms with van der Waals surface area (Å²) in [5, 5.41) is 76.8. The first-order valence-electron chi connectivity index (χ1n) is 44.9. The Labute approximate surface area is 798 Å². The highest BCUT2D eigenvalue weighted by Gasteiger charge is 2.72. The van der Waals surface area contributed by atoms with E-state index in [4.69, 9.17) is 78.2 Å². The number of rotatable bonds is 12. The number of hydrogen-bond acceptors (Lipinski definition) is 37. The van der Waals surface area contributed by atoms with Crippen molar-refractivity contribution >= 4 is 106 Å². The van der Waals surface area contributed by atoms with Gasteiger partial charge >= 0.3 is 34.5 Å². The molecule has 134 heavy (non-hydrogen) atoms. The third-order valence-electron chi connectivity index (χ3n) is 24.1. The molecule has 20 atom stereocenters. The van der Waals surface area contributed by atoms with E-state index in [1.165, 1.54) is 56.5 Å². The third-order valence-corrected chi connectivity index (χ3v) is 27.5. The number of fused-ring (bicyclic) bond motifs is 6. The topological polar surface area (TPSA) is 529 Å². The van der Waals surface area contributed by atoms with Crippen LogP contribution in [0, 0.1) is 34.0 Å². The lowest BCUT2D eigenvalue weighted by atomic mass is 9.88. The van der Waals surface area contributed by atoms with Crippen molar-refractivity contribution in [3.63, 3.8) is 0 Å². The van der Waals surface area contributed by atoms with Gasteiger partial charge in [0.1, 0.15) is 147 Å². The summed E-state index contributed by atoms with van der Waals surface area (Å²) in [6, 6.07) is 1.01. The molecule has 744 valence electrons. The van der Waals surface area contributed by atoms with E-state index in [0.717, 1.165) is 44.8 Å². The number of nitrogens with zero attached hydrogens (tertiary/aromatic N) is 11. The van der Waals surface area contributed by atoms with Crippen LogP contribution in [0.5, 0.6) is 0 Å². The molecule has 5 aromatic rings. The maximum absolute atomic E-state index is 13.4. The van der Waals surface area contributed by atoms with Gasteiger partial charge in [0.05, 0.1) is 105 Å². The van der Waals surface area contributed by atoms with Gasteiger partial charge in [-0.15, -0.1) is 34.0 Å². The SMILES string of the molecule is CC.CC[C@@H]1[C@H]2OC(C)(C)O[C@@]2(C)[C@H](/C(C#N)=C/O)N1C(=O)OC(C)(C)C.CC[C@@H]1[C@H]2OC(C)(C)O[C@@]2(C)[C@H](/C(C#N)=C/OS(C)(=O)=O)N1C(=O)OC(C)(C)C.CC[C@@H]1[C@H]2OC(C)(C)O[C@@]2(C)[C@H](c2csc(C#N)c2N)N1C(=O)OC(C)(C)C.CC[C@@H]1[C@H]2OC(C)(C)O[C@@]2(C)[C@H](c2csc3c(N)ncnc23)N1C(=O)OC(C)(C)C.C[C@@]1(O)[C@H](O)[C@@H](CO)N[C@H]1c1csc2c(N)ncnc12. The average Bonchev–Trinajstić information content (AvgIpc) is 1.56. The summed E-state index contributed by atoms with van der Waals surface area (Å²) in [4.78, 5) is 76.2. The summed E-state index contributed by atoms with van der Waals surface area (Å²) in [5.41, 5.74) is 14.5. The largest absolute Gasteiger partial charge is 0.514 e. The number of ether oxygens (including phenoxy) is 12. The standard InChI is InChI=1S/C21H30N4O4S.C20H29N3O4S.C19H30N2O7S.C18H28N2O5.C12H16N4O3S.C2H6/c1-8-12-16-21(7,29-20(5,6)27-16)15(25(12)18(26)28-19(2,3)4)11-9-30-14-13(11)23-10-24-17(14)22;1-8-12-16-20(7,27-19(5,6)25-16)15(11-10-28-13(9-21)14(11)22)23(12)17(24)26-18(2,3)4;1-9-13-15-19(7,28-18(5,6)26-15)14(12(10-20)11-25-29(8,23)24)21(13)16(22)27-17(2,3)4;1-8-12-14-18(7,25-17(5,6)23-14)13(11(9-19)10-21)20(12)15(22)24-16(2,3)4;1-12(19)9(16-6(2-17)10(12)18)5-3-20-8-7(5)14-4-15-11(8)13;1-2/h9-10,12,15-16H,8H2,1-7H3,(H2,22,23,24);10,12,15-16H,8,22H2,1-7H3;11,13-15H,9H2,1-8H3;10,12-14,21H,8H2,1-7H3;3-4,6,9-10,16-19H,2H2,1H3,(H2,13,14,15);1-2H3/b;;12-11+;11-10+;;/t12-,15+,16-,21+;12-,15+,16-,20+;13-,14+,15-,19+;12-,13+,14-,18+;6-,9+,10-,12+;/m11111./s1. The predicted molar refractivity (Wildman–Crippen MR) is 503 cm³/mol. The van der Waals surface area contributed by atoms with Crippen LogP contribution in [-0.4, -0.2) is 252 Å². The predicted octanol–water partition coefficient (Wildman–Crippen LogP) is 14.8. The molecule has 14 heterocycles. The number of nitrogen functional groups attached to an aromatic ring is 3. The van der Waals surface area contributed by atoms with Crippen molar-refractivity contribution in [2.24, 2.45) is 0 Å². The quantitative estimate of drug-likeness (QED) is 0.0249. The van der Waals surface area contributed by atoms with Crippen LogP contribution in [0.3, 0.4) is 0 Å². The van der Waals surface area contributed by atoms with Gasteiger partial charge in [0, 0.05) is 16.7 Å². The zero-order valence-corrected chi connectivity index (χ0v) is 86.3. The van der Waals surface area contributed by atoms with Gasteiger partial charge in [-0.3, -0.25) is 24.9 Å². The molecule has 0 aromatic carbocycles. The second-order valence-corrected chi connectivity index (χ2v) is 45.2. The molecule has 0 aliphatic carbocycles. The molecular formula is C92H139N15O23S4. The maximum Gasteiger partial charge on any atom is 0.411 e. The van der Waals surface area contributed by atoms with Gasteiger partial charge in [-0.2, -0.15) is 24.2 Å². The number of anilines is 3. The summed E-state index contributed by atoms with van der Waals surface area (Å²) in [6.07, 6.45) is 3.06. The Balaban J connectivity index is 0.000000188. The molecule has 9 fully saturated rings. The zero-order chi connectivity index (χ0) is 101. The van der Waals surface area contributed by atoms with Crippen LogP contribution in [0.2, 0.25) is 0 Å². The first-order chi connectivity index (χ1) is 61.6. The highest BCUT2D eigenvalue weighted by molar-refractivity contribution is 7.86. The number of hydrogen-bond donors (Lipinski definition) is 8. The van der Waals surface area contributed by atoms with E-state index in [9.17, 15) is 63.8 Å². The number of aliphatic hydroxyl groups excluding tert-OH is 3. The summed E-state index contributed by atoms with van der Waals surface area (Å²) in [7, 11) is -3.84. The number of aromatic nitrogens is 4. The number of aliphatic hydroxyl groups is 4. The van der Waals surface area contributed by atoms with Crippen LogP contribution in [0.1, 0.15) is 280 Å². The first-order valence-corrected chi connectivity index (χ1v) is 49.4. The fourth-order valence-electron chi connectivity index (χ4n) is 19.9. The van der Waals surface area contributed by atoms with Crippen LogP contribution < -0.4 is 22.5 Å². The molecular weight excluding hydrogens is 1810 g/mol. The molecule has 38 nitrogen and oxygen atoms in total. The Hall–Kier alpha value is -8.72. The number of nitrogens with two attached hydrogens (primary N) is 3. The lowest BCUT2D eigenvalue weighted by molar-refractivity contribution is -0.183. The minimum absolute atomic E-state index is 0.0376. The fourth-order valence-corrected chi connectivity index (χ4v) is 22.9. The van der Waals surface area contributed by atoms with Crippen LogP contribution in [0.25, 0.3) is 20.4 Å². The summed E-state index contributed by atoms with van der Waals surface area (Å²) in [5.74, 6) is -2.51. The molecule has 0 bridgehead atoms. The van der Waals surface area contributed by atoms with E-state index in [1.54, 1.807) is 92.9 Å². The summed E-state index contributed by atoms with van der Waals surface area (Å²) >= 11 is 4.13. The van der Waals surface area contributed by atoms with Crippen molar-refractivity contribution in [2.75, 3.05) is 30.1 Å². The van der Waals surface area contributed by atoms with E-state index in [0.29, 0.717) is 59.0 Å². The van der Waals surface area contributed by atoms with E-state index in [2.05, 4.69) is 31.3 Å². The molecule has 5 aromatic heterocycles. The molecule has 9 aliphatic heterocycles. The molecule has 9 aliphatic rings.